The summed E-state index contributed by atoms with van der Waals surface area (Å²) < 4.78 is 5.57. The quantitative estimate of drug-likeness (QED) is 0.843. The zero-order valence-electron chi connectivity index (χ0n) is 9.33. The monoisotopic (exact) mass is 217 g/mol. The maximum absolute atomic E-state index is 6.04. The first-order valence-electron chi connectivity index (χ1n) is 4.88. The smallest absolute Gasteiger partial charge is 0.121 e. The molecule has 14 heavy (non-hydrogen) atoms. The minimum atomic E-state index is 0. The summed E-state index contributed by atoms with van der Waals surface area (Å²) in [4.78, 5) is 0. The van der Waals surface area contributed by atoms with E-state index in [0.717, 1.165) is 17.9 Å². The Morgan fingerprint density at radius 2 is 2.00 bits per heavy atom. The van der Waals surface area contributed by atoms with Crippen LogP contribution in [0.5, 0.6) is 0 Å². The topological polar surface area (TPSA) is 39.2 Å². The molecular formula is C11H20ClNO. The molecule has 2 atom stereocenters. The molecule has 2 N–H and O–H groups in total. The molecule has 0 aliphatic rings. The Hall–Kier alpha value is -0.470. The lowest BCUT2D eigenvalue weighted by Gasteiger charge is -2.15. The van der Waals surface area contributed by atoms with Crippen LogP contribution in [-0.2, 0) is 0 Å². The summed E-state index contributed by atoms with van der Waals surface area (Å²) >= 11 is 0. The van der Waals surface area contributed by atoms with Gasteiger partial charge < -0.3 is 10.2 Å². The van der Waals surface area contributed by atoms with Gasteiger partial charge in [0.2, 0.25) is 0 Å². The Morgan fingerprint density at radius 1 is 1.43 bits per heavy atom. The normalized spacial score (nSPS) is 14.6. The maximum Gasteiger partial charge on any atom is 0.121 e. The van der Waals surface area contributed by atoms with E-state index in [1.54, 1.807) is 0 Å². The Kier molecular flexibility index (Phi) is 5.24. The van der Waals surface area contributed by atoms with Crippen LogP contribution < -0.4 is 5.73 Å². The molecule has 3 heteroatoms. The molecule has 0 amide bonds. The van der Waals surface area contributed by atoms with Gasteiger partial charge in [0.1, 0.15) is 11.5 Å². The van der Waals surface area contributed by atoms with Gasteiger partial charge in [0.15, 0.2) is 0 Å². The van der Waals surface area contributed by atoms with E-state index < -0.39 is 0 Å². The van der Waals surface area contributed by atoms with Crippen molar-refractivity contribution in [3.8, 4) is 0 Å². The van der Waals surface area contributed by atoms with Crippen LogP contribution in [-0.4, -0.2) is 0 Å². The number of furan rings is 1. The fourth-order valence-corrected chi connectivity index (χ4v) is 1.30. The van der Waals surface area contributed by atoms with Crippen molar-refractivity contribution in [1.82, 2.24) is 0 Å². The molecule has 0 radical (unpaired) electrons. The van der Waals surface area contributed by atoms with Gasteiger partial charge in [-0.25, -0.2) is 0 Å². The highest BCUT2D eigenvalue weighted by Gasteiger charge is 2.17. The first kappa shape index (κ1) is 13.5. The Labute approximate surface area is 92.3 Å². The molecule has 0 fully saturated rings. The Bertz CT molecular complexity index is 263. The summed E-state index contributed by atoms with van der Waals surface area (Å²) in [7, 11) is 0. The molecule has 0 aliphatic heterocycles. The molecule has 0 aliphatic carbocycles. The molecule has 1 aromatic heterocycles. The predicted octanol–water partition coefficient (Wildman–Crippen LogP) is 3.36. The largest absolute Gasteiger partial charge is 0.464 e. The molecule has 0 aromatic carbocycles. The first-order valence-corrected chi connectivity index (χ1v) is 4.88. The summed E-state index contributed by atoms with van der Waals surface area (Å²) in [5.41, 5.74) is 7.23. The predicted molar refractivity (Wildman–Crippen MR) is 61.8 cm³/mol. The van der Waals surface area contributed by atoms with Crippen molar-refractivity contribution in [2.45, 2.75) is 40.2 Å². The van der Waals surface area contributed by atoms with Gasteiger partial charge in [-0.2, -0.15) is 0 Å². The van der Waals surface area contributed by atoms with Gasteiger partial charge in [-0.3, -0.25) is 0 Å². The summed E-state index contributed by atoms with van der Waals surface area (Å²) in [5.74, 6) is 2.38. The van der Waals surface area contributed by atoms with E-state index in [0.29, 0.717) is 5.92 Å². The molecule has 0 saturated heterocycles. The van der Waals surface area contributed by atoms with Gasteiger partial charge in [-0.05, 0) is 31.4 Å². The van der Waals surface area contributed by atoms with Gasteiger partial charge in [-0.1, -0.05) is 20.3 Å². The average molecular weight is 218 g/mol. The van der Waals surface area contributed by atoms with Crippen LogP contribution in [0.15, 0.2) is 10.5 Å². The molecule has 0 spiro atoms. The first-order chi connectivity index (χ1) is 6.06. The minimum Gasteiger partial charge on any atom is -0.464 e. The van der Waals surface area contributed by atoms with Crippen molar-refractivity contribution in [1.29, 1.82) is 0 Å². The highest BCUT2D eigenvalue weighted by atomic mass is 35.5. The van der Waals surface area contributed by atoms with Crippen molar-refractivity contribution < 1.29 is 4.42 Å². The molecular weight excluding hydrogens is 198 g/mol. The van der Waals surface area contributed by atoms with Crippen LogP contribution in [0.25, 0.3) is 0 Å². The van der Waals surface area contributed by atoms with Crippen molar-refractivity contribution in [2.75, 3.05) is 0 Å². The lowest BCUT2D eigenvalue weighted by Crippen LogP contribution is -2.17. The van der Waals surface area contributed by atoms with E-state index in [4.69, 9.17) is 10.2 Å². The van der Waals surface area contributed by atoms with E-state index in [1.165, 1.54) is 5.56 Å². The molecule has 82 valence electrons. The van der Waals surface area contributed by atoms with Crippen LogP contribution in [0.1, 0.15) is 43.4 Å². The maximum atomic E-state index is 6.04. The van der Waals surface area contributed by atoms with Gasteiger partial charge in [-0.15, -0.1) is 12.4 Å². The van der Waals surface area contributed by atoms with Crippen molar-refractivity contribution >= 4 is 12.4 Å². The highest BCUT2D eigenvalue weighted by Crippen LogP contribution is 2.25. The number of nitrogens with two attached hydrogens (primary N) is 1. The van der Waals surface area contributed by atoms with Crippen LogP contribution >= 0.6 is 12.4 Å². The van der Waals surface area contributed by atoms with E-state index in [2.05, 4.69) is 13.8 Å². The fourth-order valence-electron chi connectivity index (χ4n) is 1.30. The van der Waals surface area contributed by atoms with Gasteiger partial charge in [0.05, 0.1) is 6.04 Å². The molecule has 1 heterocycles. The van der Waals surface area contributed by atoms with E-state index in [-0.39, 0.29) is 18.4 Å². The number of hydrogen-bond donors (Lipinski definition) is 1. The highest BCUT2D eigenvalue weighted by molar-refractivity contribution is 5.85. The van der Waals surface area contributed by atoms with Gasteiger partial charge in [0.25, 0.3) is 0 Å². The number of halogens is 1. The second-order valence-electron chi connectivity index (χ2n) is 3.80. The van der Waals surface area contributed by atoms with E-state index >= 15 is 0 Å². The Balaban J connectivity index is 0.00000169. The van der Waals surface area contributed by atoms with E-state index in [1.807, 2.05) is 19.9 Å². The van der Waals surface area contributed by atoms with Crippen molar-refractivity contribution in [3.05, 3.63) is 23.2 Å². The molecule has 1 rings (SSSR count). The van der Waals surface area contributed by atoms with E-state index in [9.17, 15) is 0 Å². The third-order valence-corrected chi connectivity index (χ3v) is 2.77. The van der Waals surface area contributed by atoms with Gasteiger partial charge >= 0.3 is 0 Å². The third-order valence-electron chi connectivity index (χ3n) is 2.77. The zero-order valence-corrected chi connectivity index (χ0v) is 10.1. The minimum absolute atomic E-state index is 0. The second kappa shape index (κ2) is 5.42. The summed E-state index contributed by atoms with van der Waals surface area (Å²) in [6.45, 7) is 8.32. The van der Waals surface area contributed by atoms with Crippen LogP contribution in [0.3, 0.4) is 0 Å². The average Bonchev–Trinajstić information content (AvgIpc) is 2.44. The summed E-state index contributed by atoms with van der Waals surface area (Å²) in [6.07, 6.45) is 1.08. The summed E-state index contributed by atoms with van der Waals surface area (Å²) in [6, 6.07) is 2.09. The van der Waals surface area contributed by atoms with Crippen LogP contribution in [0, 0.1) is 19.8 Å². The lowest BCUT2D eigenvalue weighted by atomic mass is 9.98. The van der Waals surface area contributed by atoms with Crippen LogP contribution in [0.4, 0.5) is 0 Å². The standard InChI is InChI=1S/C11H19NO.ClH/c1-5-7(2)11(12)10-6-8(3)9(4)13-10;/h6-7,11H,5,12H2,1-4H3;1H/t7?,11-;/m1./s1. The molecule has 0 saturated carbocycles. The molecule has 0 bridgehead atoms. The molecule has 2 nitrogen and oxygen atoms in total. The van der Waals surface area contributed by atoms with Crippen molar-refractivity contribution in [2.24, 2.45) is 11.7 Å². The number of hydrogen-bond acceptors (Lipinski definition) is 2. The molecule has 1 unspecified atom stereocenters. The van der Waals surface area contributed by atoms with Crippen LogP contribution in [0.2, 0.25) is 0 Å². The molecule has 1 aromatic rings. The second-order valence-corrected chi connectivity index (χ2v) is 3.80. The number of rotatable bonds is 3. The lowest BCUT2D eigenvalue weighted by molar-refractivity contribution is 0.368. The third kappa shape index (κ3) is 2.76. The fraction of sp³-hybridized carbons (Fsp3) is 0.636. The van der Waals surface area contributed by atoms with Gasteiger partial charge in [0, 0.05) is 0 Å². The zero-order chi connectivity index (χ0) is 10.0. The summed E-state index contributed by atoms with van der Waals surface area (Å²) in [5, 5.41) is 0. The SMILES string of the molecule is CCC(C)[C@@H](N)c1cc(C)c(C)o1.Cl. The number of aryl methyl sites for hydroxylation is 2. The Morgan fingerprint density at radius 3 is 2.36 bits per heavy atom. The van der Waals surface area contributed by atoms with Crippen molar-refractivity contribution in [3.63, 3.8) is 0 Å².